The number of rotatable bonds is 8. The lowest BCUT2D eigenvalue weighted by molar-refractivity contribution is 0.508. The van der Waals surface area contributed by atoms with E-state index in [4.69, 9.17) is 34.8 Å². The molecule has 1 aromatic carbocycles. The Bertz CT molecular complexity index is 982. The van der Waals surface area contributed by atoms with Gasteiger partial charge < -0.3 is 5.73 Å². The summed E-state index contributed by atoms with van der Waals surface area (Å²) >= 11 is 12.0. The van der Waals surface area contributed by atoms with Gasteiger partial charge in [0.05, 0.1) is 28.3 Å². The Labute approximate surface area is 174 Å². The predicted molar refractivity (Wildman–Crippen MR) is 118 cm³/mol. The highest BCUT2D eigenvalue weighted by Gasteiger charge is 2.10. The molecule has 0 unspecified atom stereocenters. The molecule has 7 heteroatoms. The van der Waals surface area contributed by atoms with Crippen molar-refractivity contribution in [2.24, 2.45) is 11.6 Å². The molecule has 5 nitrogen and oxygen atoms in total. The van der Waals surface area contributed by atoms with Crippen LogP contribution in [0.5, 0.6) is 0 Å². The van der Waals surface area contributed by atoms with Crippen molar-refractivity contribution in [1.29, 1.82) is 0 Å². The molecule has 2 rings (SSSR count). The molecule has 1 aromatic heterocycles. The number of aromatic nitrogens is 2. The zero-order valence-corrected chi connectivity index (χ0v) is 16.7. The smallest absolute Gasteiger partial charge is 0.0740 e. The largest absolute Gasteiger partial charge is 0.403 e. The van der Waals surface area contributed by atoms with E-state index in [1.54, 1.807) is 41.4 Å². The molecule has 0 spiro atoms. The highest BCUT2D eigenvalue weighted by Crippen LogP contribution is 2.24. The topological polar surface area (TPSA) is 73.1 Å². The van der Waals surface area contributed by atoms with Crippen LogP contribution >= 0.6 is 23.2 Å². The Morgan fingerprint density at radius 3 is 2.64 bits per heavy atom. The van der Waals surface area contributed by atoms with Crippen molar-refractivity contribution in [1.82, 2.24) is 14.8 Å². The molecule has 0 amide bonds. The second-order valence-electron chi connectivity index (χ2n) is 5.66. The Balaban J connectivity index is 2.21. The first kappa shape index (κ1) is 21.3. The molecule has 0 fully saturated rings. The average Bonchev–Trinajstić information content (AvgIpc) is 3.18. The summed E-state index contributed by atoms with van der Waals surface area (Å²) in [5, 5.41) is 6.67. The lowest BCUT2D eigenvalue weighted by Crippen LogP contribution is -2.23. The third-order valence-corrected chi connectivity index (χ3v) is 4.25. The summed E-state index contributed by atoms with van der Waals surface area (Å²) in [5.74, 6) is 6.01. The van der Waals surface area contributed by atoms with Crippen molar-refractivity contribution in [3.63, 3.8) is 0 Å². The van der Waals surface area contributed by atoms with E-state index in [-0.39, 0.29) is 0 Å². The van der Waals surface area contributed by atoms with E-state index < -0.39 is 0 Å². The van der Waals surface area contributed by atoms with Gasteiger partial charge in [-0.25, -0.2) is 10.5 Å². The summed E-state index contributed by atoms with van der Waals surface area (Å²) in [6.45, 7) is 11.9. The minimum Gasteiger partial charge on any atom is -0.403 e. The lowest BCUT2D eigenvalue weighted by atomic mass is 10.1. The van der Waals surface area contributed by atoms with Crippen LogP contribution in [0.3, 0.4) is 0 Å². The first-order chi connectivity index (χ1) is 13.4. The molecule has 0 saturated heterocycles. The van der Waals surface area contributed by atoms with Crippen molar-refractivity contribution in [2.75, 3.05) is 0 Å². The maximum atomic E-state index is 6.08. The number of nitrogens with zero attached hydrogens (tertiary/aromatic N) is 3. The Hall–Kier alpha value is -2.99. The molecule has 0 saturated carbocycles. The molecule has 28 heavy (non-hydrogen) atoms. The van der Waals surface area contributed by atoms with Crippen LogP contribution in [0.4, 0.5) is 0 Å². The molecular formula is C21H21Cl2N5. The van der Waals surface area contributed by atoms with Crippen LogP contribution in [0, 0.1) is 0 Å². The van der Waals surface area contributed by atoms with E-state index in [1.165, 1.54) is 11.2 Å². The first-order valence-electron chi connectivity index (χ1n) is 8.19. The summed E-state index contributed by atoms with van der Waals surface area (Å²) < 4.78 is 1.74. The number of hydrazine groups is 1. The summed E-state index contributed by atoms with van der Waals surface area (Å²) in [6, 6.07) is 9.24. The number of halogens is 2. The van der Waals surface area contributed by atoms with Crippen molar-refractivity contribution >= 4 is 28.8 Å². The van der Waals surface area contributed by atoms with Gasteiger partial charge in [0.1, 0.15) is 0 Å². The number of allylic oxidation sites excluding steroid dienone is 6. The fraction of sp³-hybridized carbons (Fsp3) is 0. The van der Waals surface area contributed by atoms with Crippen LogP contribution < -0.4 is 11.6 Å². The molecule has 1 heterocycles. The summed E-state index contributed by atoms with van der Waals surface area (Å²) in [5.41, 5.74) is 8.88. The third-order valence-electron chi connectivity index (χ3n) is 3.78. The number of nitrogens with two attached hydrogens (primary N) is 2. The second kappa shape index (κ2) is 9.80. The van der Waals surface area contributed by atoms with Crippen LogP contribution in [0.1, 0.15) is 5.69 Å². The Kier molecular flexibility index (Phi) is 7.46. The zero-order valence-electron chi connectivity index (χ0n) is 15.2. The van der Waals surface area contributed by atoms with Crippen molar-refractivity contribution in [3.8, 4) is 5.69 Å². The highest BCUT2D eigenvalue weighted by atomic mass is 35.5. The standard InChI is InChI=1S/C21H21Cl2N5/c1-4-19(13-18(23)14-24)27(25)11-9-15(2)16(3)21-8-10-26-28(21)20-7-5-6-17(22)12-20/h4-14H,1-3,24-25H2/b11-9-,18-14+,19-13+. The van der Waals surface area contributed by atoms with E-state index in [9.17, 15) is 0 Å². The maximum absolute atomic E-state index is 6.08. The number of hydrogen-bond donors (Lipinski definition) is 2. The highest BCUT2D eigenvalue weighted by molar-refractivity contribution is 6.31. The van der Waals surface area contributed by atoms with Crippen LogP contribution in [-0.2, 0) is 0 Å². The third kappa shape index (κ3) is 5.27. The SMILES string of the molecule is C=C/C(=C\C(Cl)=C/N)N(N)/C=C\C(=C)C(=C)c1ccnn1-c1cccc(Cl)c1. The van der Waals surface area contributed by atoms with Gasteiger partial charge in [0.25, 0.3) is 0 Å². The lowest BCUT2D eigenvalue weighted by Gasteiger charge is -2.15. The van der Waals surface area contributed by atoms with Crippen LogP contribution in [0.25, 0.3) is 11.3 Å². The van der Waals surface area contributed by atoms with Crippen LogP contribution in [-0.4, -0.2) is 14.8 Å². The first-order valence-corrected chi connectivity index (χ1v) is 8.95. The van der Waals surface area contributed by atoms with Gasteiger partial charge in [-0.05, 0) is 53.6 Å². The average molecular weight is 414 g/mol. The Morgan fingerprint density at radius 2 is 2.00 bits per heavy atom. The maximum Gasteiger partial charge on any atom is 0.0740 e. The normalized spacial score (nSPS) is 12.2. The van der Waals surface area contributed by atoms with Gasteiger partial charge in [-0.1, -0.05) is 49.0 Å². The molecule has 4 N–H and O–H groups in total. The molecule has 0 aliphatic heterocycles. The quantitative estimate of drug-likeness (QED) is 0.366. The van der Waals surface area contributed by atoms with Gasteiger partial charge in [-0.2, -0.15) is 5.10 Å². The molecule has 0 atom stereocenters. The van der Waals surface area contributed by atoms with Gasteiger partial charge in [0.15, 0.2) is 0 Å². The number of benzene rings is 1. The Morgan fingerprint density at radius 1 is 1.25 bits per heavy atom. The van der Waals surface area contributed by atoms with Gasteiger partial charge in [-0.3, -0.25) is 5.01 Å². The van der Waals surface area contributed by atoms with Gasteiger partial charge in [0, 0.05) is 17.4 Å². The predicted octanol–water partition coefficient (Wildman–Crippen LogP) is 4.89. The molecule has 0 aliphatic rings. The van der Waals surface area contributed by atoms with Gasteiger partial charge in [0.2, 0.25) is 0 Å². The number of hydrogen-bond acceptors (Lipinski definition) is 4. The van der Waals surface area contributed by atoms with Crippen molar-refractivity contribution in [3.05, 3.63) is 114 Å². The van der Waals surface area contributed by atoms with Crippen molar-refractivity contribution < 1.29 is 0 Å². The molecule has 144 valence electrons. The molecule has 2 aromatic rings. The summed E-state index contributed by atoms with van der Waals surface area (Å²) in [4.78, 5) is 0. The fourth-order valence-electron chi connectivity index (χ4n) is 2.30. The summed E-state index contributed by atoms with van der Waals surface area (Å²) in [6.07, 6.45) is 9.46. The fourth-order valence-corrected chi connectivity index (χ4v) is 2.59. The monoisotopic (exact) mass is 413 g/mol. The van der Waals surface area contributed by atoms with Gasteiger partial charge in [-0.15, -0.1) is 0 Å². The van der Waals surface area contributed by atoms with Crippen LogP contribution in [0.15, 0.2) is 103 Å². The van der Waals surface area contributed by atoms with E-state index in [1.807, 2.05) is 24.3 Å². The molecule has 0 radical (unpaired) electrons. The van der Waals surface area contributed by atoms with Gasteiger partial charge >= 0.3 is 0 Å². The van der Waals surface area contributed by atoms with E-state index in [0.29, 0.717) is 26.9 Å². The molecule has 0 aliphatic carbocycles. The second-order valence-corrected chi connectivity index (χ2v) is 6.53. The minimum atomic E-state index is 0.340. The molecule has 0 bridgehead atoms. The van der Waals surface area contributed by atoms with Crippen molar-refractivity contribution in [2.45, 2.75) is 0 Å². The van der Waals surface area contributed by atoms with E-state index in [2.05, 4.69) is 24.8 Å². The molecular weight excluding hydrogens is 393 g/mol. The zero-order chi connectivity index (χ0) is 20.7. The van der Waals surface area contributed by atoms with E-state index in [0.717, 1.165) is 11.4 Å². The van der Waals surface area contributed by atoms with Crippen LogP contribution in [0.2, 0.25) is 5.02 Å². The minimum absolute atomic E-state index is 0.340. The summed E-state index contributed by atoms with van der Waals surface area (Å²) in [7, 11) is 0. The van der Waals surface area contributed by atoms with E-state index >= 15 is 0 Å².